The Morgan fingerprint density at radius 3 is 2.06 bits per heavy atom. The third-order valence-corrected chi connectivity index (χ3v) is 6.15. The summed E-state index contributed by atoms with van der Waals surface area (Å²) in [5, 5.41) is 12.1. The van der Waals surface area contributed by atoms with Crippen LogP contribution >= 0.6 is 11.3 Å². The first-order chi connectivity index (χ1) is 15.5. The molecule has 3 aromatic rings. The largest absolute Gasteiger partial charge is 0.480 e. The van der Waals surface area contributed by atoms with Crippen LogP contribution in [0.5, 0.6) is 0 Å². The molecule has 0 saturated carbocycles. The van der Waals surface area contributed by atoms with Crippen LogP contribution in [0, 0.1) is 0 Å². The van der Waals surface area contributed by atoms with Crippen molar-refractivity contribution >= 4 is 29.2 Å². The summed E-state index contributed by atoms with van der Waals surface area (Å²) in [7, 11) is 0. The number of rotatable bonds is 10. The van der Waals surface area contributed by atoms with E-state index in [2.05, 4.69) is 34.6 Å². The molecule has 32 heavy (non-hydrogen) atoms. The molecule has 3 rings (SSSR count). The van der Waals surface area contributed by atoms with Gasteiger partial charge in [0.05, 0.1) is 11.4 Å². The van der Waals surface area contributed by atoms with Crippen molar-refractivity contribution in [3.05, 3.63) is 93.7 Å². The summed E-state index contributed by atoms with van der Waals surface area (Å²) in [6.07, 6.45) is 0.755. The van der Waals surface area contributed by atoms with E-state index >= 15 is 0 Å². The highest BCUT2D eigenvalue weighted by Crippen LogP contribution is 2.36. The number of hydrogen-bond donors (Lipinski definition) is 5. The Hall–Kier alpha value is -3.65. The summed E-state index contributed by atoms with van der Waals surface area (Å²) in [6.45, 7) is 0.432. The van der Waals surface area contributed by atoms with Crippen molar-refractivity contribution in [3.63, 3.8) is 0 Å². The summed E-state index contributed by atoms with van der Waals surface area (Å²) in [4.78, 5) is 28.6. The molecule has 1 atom stereocenters. The van der Waals surface area contributed by atoms with E-state index in [0.29, 0.717) is 17.8 Å². The molecule has 7 N–H and O–H groups in total. The number of carbonyl (C=O) groups is 2. The zero-order valence-electron chi connectivity index (χ0n) is 17.5. The maximum absolute atomic E-state index is 12.8. The average molecular weight is 452 g/mol. The van der Waals surface area contributed by atoms with Crippen molar-refractivity contribution in [1.29, 1.82) is 0 Å². The van der Waals surface area contributed by atoms with E-state index < -0.39 is 17.9 Å². The molecular formula is C24H27N4O3S+. The second-order valence-corrected chi connectivity index (χ2v) is 8.46. The monoisotopic (exact) mass is 451 g/mol. The summed E-state index contributed by atoms with van der Waals surface area (Å²) in [5.41, 5.74) is 12.9. The number of amides is 1. The Labute approximate surface area is 190 Å². The molecule has 0 aliphatic carbocycles. The Morgan fingerprint density at radius 2 is 1.53 bits per heavy atom. The number of nitrogens with two attached hydrogens (primary N) is 2. The highest BCUT2D eigenvalue weighted by molar-refractivity contribution is 7.14. The Balaban J connectivity index is 1.77. The SMILES string of the molecule is NC(N)=[NH+]CCC[C@H](NC(=O)c1ccc(C(c2ccccc2)c2ccccc2)s1)C(=O)O. The first-order valence-corrected chi connectivity index (χ1v) is 11.1. The number of nitrogens with one attached hydrogen (secondary N) is 2. The molecule has 1 amide bonds. The Bertz CT molecular complexity index is 1020. The predicted molar refractivity (Wildman–Crippen MR) is 125 cm³/mol. The number of thiophene rings is 1. The minimum absolute atomic E-state index is 0.0109. The number of hydrogen-bond acceptors (Lipinski definition) is 3. The van der Waals surface area contributed by atoms with Gasteiger partial charge in [-0.2, -0.15) is 0 Å². The van der Waals surface area contributed by atoms with Crippen LogP contribution in [-0.4, -0.2) is 35.5 Å². The van der Waals surface area contributed by atoms with Crippen LogP contribution in [-0.2, 0) is 4.79 Å². The molecule has 8 heteroatoms. The number of aliphatic carboxylic acids is 1. The second kappa shape index (κ2) is 11.1. The fourth-order valence-electron chi connectivity index (χ4n) is 3.47. The predicted octanol–water partition coefficient (Wildman–Crippen LogP) is 1.25. The third kappa shape index (κ3) is 6.18. The van der Waals surface area contributed by atoms with Gasteiger partial charge in [-0.15, -0.1) is 11.3 Å². The lowest BCUT2D eigenvalue weighted by molar-refractivity contribution is -0.459. The van der Waals surface area contributed by atoms with Crippen LogP contribution in [0.3, 0.4) is 0 Å². The molecule has 0 fully saturated rings. The molecule has 0 saturated heterocycles. The van der Waals surface area contributed by atoms with Gasteiger partial charge in [-0.05, 0) is 36.1 Å². The van der Waals surface area contributed by atoms with Crippen LogP contribution in [0.4, 0.5) is 0 Å². The number of benzene rings is 2. The lowest BCUT2D eigenvalue weighted by atomic mass is 9.90. The summed E-state index contributed by atoms with van der Waals surface area (Å²) in [5.74, 6) is -1.40. The number of carboxylic acid groups (broad SMARTS) is 1. The molecule has 1 heterocycles. The van der Waals surface area contributed by atoms with E-state index in [1.807, 2.05) is 42.5 Å². The molecule has 0 aliphatic heterocycles. The molecule has 0 radical (unpaired) electrons. The molecule has 0 unspecified atom stereocenters. The summed E-state index contributed by atoms with van der Waals surface area (Å²) < 4.78 is 0. The normalized spacial score (nSPS) is 11.7. The maximum atomic E-state index is 12.8. The van der Waals surface area contributed by atoms with Crippen LogP contribution in [0.1, 0.15) is 44.4 Å². The van der Waals surface area contributed by atoms with Gasteiger partial charge in [0.2, 0.25) is 0 Å². The molecule has 1 aromatic heterocycles. The van der Waals surface area contributed by atoms with Crippen molar-refractivity contribution in [2.75, 3.05) is 6.54 Å². The number of carboxylic acids is 1. The fourth-order valence-corrected chi connectivity index (χ4v) is 4.54. The molecule has 166 valence electrons. The number of guanidine groups is 1. The Morgan fingerprint density at radius 1 is 0.938 bits per heavy atom. The van der Waals surface area contributed by atoms with E-state index in [1.54, 1.807) is 6.07 Å². The van der Waals surface area contributed by atoms with E-state index in [1.165, 1.54) is 11.3 Å². The van der Waals surface area contributed by atoms with Gasteiger partial charge < -0.3 is 10.4 Å². The van der Waals surface area contributed by atoms with Gasteiger partial charge in [0.15, 0.2) is 0 Å². The lowest BCUT2D eigenvalue weighted by Gasteiger charge is -2.17. The van der Waals surface area contributed by atoms with Crippen molar-refractivity contribution in [3.8, 4) is 0 Å². The van der Waals surface area contributed by atoms with Gasteiger partial charge in [-0.3, -0.25) is 21.3 Å². The maximum Gasteiger partial charge on any atom is 0.338 e. The van der Waals surface area contributed by atoms with Gasteiger partial charge in [0, 0.05) is 10.8 Å². The van der Waals surface area contributed by atoms with Gasteiger partial charge in [-0.25, -0.2) is 4.79 Å². The topological polar surface area (TPSA) is 132 Å². The lowest BCUT2D eigenvalue weighted by Crippen LogP contribution is -2.78. The average Bonchev–Trinajstić information content (AvgIpc) is 3.27. The van der Waals surface area contributed by atoms with Gasteiger partial charge >= 0.3 is 11.9 Å². The second-order valence-electron chi connectivity index (χ2n) is 7.35. The van der Waals surface area contributed by atoms with E-state index in [-0.39, 0.29) is 18.3 Å². The zero-order valence-corrected chi connectivity index (χ0v) is 18.3. The standard InChI is InChI=1S/C24H26N4O3S/c25-24(26)27-15-7-12-18(23(30)31)28-22(29)20-14-13-19(32-20)21(16-8-3-1-4-9-16)17-10-5-2-6-11-17/h1-6,8-11,13-14,18,21H,7,12,15H2,(H,28,29)(H,30,31)(H4,25,26,27)/p+1/t18-/m0/s1. The molecular weight excluding hydrogens is 424 g/mol. The molecule has 7 nitrogen and oxygen atoms in total. The minimum atomic E-state index is -1.08. The van der Waals surface area contributed by atoms with Gasteiger partial charge in [-0.1, -0.05) is 60.7 Å². The minimum Gasteiger partial charge on any atom is -0.480 e. The number of carbonyl (C=O) groups excluding carboxylic acids is 1. The highest BCUT2D eigenvalue weighted by Gasteiger charge is 2.23. The van der Waals surface area contributed by atoms with Crippen molar-refractivity contribution in [2.24, 2.45) is 11.5 Å². The van der Waals surface area contributed by atoms with Gasteiger partial charge in [0.1, 0.15) is 6.04 Å². The zero-order chi connectivity index (χ0) is 22.9. The smallest absolute Gasteiger partial charge is 0.338 e. The quantitative estimate of drug-likeness (QED) is 0.180. The molecule has 0 bridgehead atoms. The highest BCUT2D eigenvalue weighted by atomic mass is 32.1. The fraction of sp³-hybridized carbons (Fsp3) is 0.208. The van der Waals surface area contributed by atoms with Crippen molar-refractivity contribution in [2.45, 2.75) is 24.8 Å². The summed E-state index contributed by atoms with van der Waals surface area (Å²) >= 11 is 1.37. The summed E-state index contributed by atoms with van der Waals surface area (Å²) in [6, 6.07) is 22.9. The van der Waals surface area contributed by atoms with E-state index in [0.717, 1.165) is 16.0 Å². The first kappa shape index (κ1) is 23.0. The third-order valence-electron chi connectivity index (χ3n) is 5.00. The van der Waals surface area contributed by atoms with E-state index in [4.69, 9.17) is 11.5 Å². The Kier molecular flexibility index (Phi) is 7.99. The van der Waals surface area contributed by atoms with Crippen LogP contribution < -0.4 is 21.8 Å². The van der Waals surface area contributed by atoms with Crippen molar-refractivity contribution in [1.82, 2.24) is 5.32 Å². The van der Waals surface area contributed by atoms with Crippen LogP contribution in [0.15, 0.2) is 72.8 Å². The van der Waals surface area contributed by atoms with Crippen molar-refractivity contribution < 1.29 is 19.7 Å². The van der Waals surface area contributed by atoms with Crippen LogP contribution in [0.25, 0.3) is 0 Å². The molecule has 2 aromatic carbocycles. The first-order valence-electron chi connectivity index (χ1n) is 10.3. The van der Waals surface area contributed by atoms with Gasteiger partial charge in [0.25, 0.3) is 5.91 Å². The molecule has 0 aliphatic rings. The van der Waals surface area contributed by atoms with Crippen LogP contribution in [0.2, 0.25) is 0 Å². The molecule has 0 spiro atoms. The van der Waals surface area contributed by atoms with E-state index in [9.17, 15) is 14.7 Å².